The van der Waals surface area contributed by atoms with Crippen LogP contribution in [0, 0.1) is 6.92 Å². The van der Waals surface area contributed by atoms with E-state index >= 15 is 0 Å². The quantitative estimate of drug-likeness (QED) is 0.751. The smallest absolute Gasteiger partial charge is 0.372 e. The number of benzene rings is 1. The zero-order valence-corrected chi connectivity index (χ0v) is 13.5. The van der Waals surface area contributed by atoms with E-state index in [9.17, 15) is 13.2 Å². The van der Waals surface area contributed by atoms with Crippen LogP contribution in [0.15, 0.2) is 42.7 Å². The van der Waals surface area contributed by atoms with E-state index in [0.29, 0.717) is 5.69 Å². The van der Waals surface area contributed by atoms with Crippen molar-refractivity contribution in [2.24, 2.45) is 0 Å². The Labute approximate surface area is 141 Å². The van der Waals surface area contributed by atoms with Crippen molar-refractivity contribution in [3.05, 3.63) is 54.0 Å². The molecule has 3 rings (SSSR count). The van der Waals surface area contributed by atoms with E-state index in [0.717, 1.165) is 17.6 Å². The van der Waals surface area contributed by atoms with Crippen molar-refractivity contribution in [2.45, 2.75) is 13.1 Å². The zero-order valence-electron chi connectivity index (χ0n) is 13.5. The lowest BCUT2D eigenvalue weighted by atomic mass is 10.3. The lowest BCUT2D eigenvalue weighted by molar-refractivity contribution is -0.137. The molecule has 0 aliphatic heterocycles. The molecule has 0 saturated carbocycles. The highest BCUT2D eigenvalue weighted by atomic mass is 19.4. The van der Waals surface area contributed by atoms with E-state index < -0.39 is 11.7 Å². The Morgan fingerprint density at radius 1 is 1.08 bits per heavy atom. The normalized spacial score (nSPS) is 11.4. The van der Waals surface area contributed by atoms with Gasteiger partial charge in [0.15, 0.2) is 0 Å². The Bertz CT molecular complexity index is 873. The van der Waals surface area contributed by atoms with Crippen LogP contribution in [0.4, 0.5) is 30.6 Å². The summed E-state index contributed by atoms with van der Waals surface area (Å²) in [5, 5.41) is 9.63. The van der Waals surface area contributed by atoms with E-state index in [1.807, 2.05) is 37.3 Å². The average Bonchev–Trinajstić information content (AvgIpc) is 2.95. The van der Waals surface area contributed by atoms with Crippen molar-refractivity contribution in [2.75, 3.05) is 17.7 Å². The number of anilines is 3. The summed E-state index contributed by atoms with van der Waals surface area (Å²) in [5.41, 5.74) is 1.33. The van der Waals surface area contributed by atoms with Crippen LogP contribution in [0.2, 0.25) is 0 Å². The summed E-state index contributed by atoms with van der Waals surface area (Å²) in [5.74, 6) is -0.244. The fraction of sp³-hybridized carbons (Fsp3) is 0.188. The van der Waals surface area contributed by atoms with Gasteiger partial charge in [-0.1, -0.05) is 18.2 Å². The standard InChI is InChI=1S/C16H15F3N6/c1-10-13(9-22-25(10)11-6-4-3-5-7-11)23-15-21-8-12(16(17,18)19)14(20-2)24-15/h3-9H,1-2H3,(H2,20,21,23,24). The maximum atomic E-state index is 12.9. The Morgan fingerprint density at radius 3 is 2.44 bits per heavy atom. The van der Waals surface area contributed by atoms with Crippen LogP contribution < -0.4 is 10.6 Å². The fourth-order valence-corrected chi connectivity index (χ4v) is 2.32. The molecule has 0 saturated heterocycles. The van der Waals surface area contributed by atoms with Gasteiger partial charge in [-0.2, -0.15) is 23.3 Å². The highest BCUT2D eigenvalue weighted by molar-refractivity contribution is 5.59. The lowest BCUT2D eigenvalue weighted by Crippen LogP contribution is -2.12. The summed E-state index contributed by atoms with van der Waals surface area (Å²) in [7, 11) is 1.38. The number of aromatic nitrogens is 4. The monoisotopic (exact) mass is 348 g/mol. The topological polar surface area (TPSA) is 67.7 Å². The Kier molecular flexibility index (Phi) is 4.30. The van der Waals surface area contributed by atoms with Gasteiger partial charge in [-0.05, 0) is 19.1 Å². The molecule has 0 aliphatic carbocycles. The van der Waals surface area contributed by atoms with E-state index in [-0.39, 0.29) is 11.8 Å². The van der Waals surface area contributed by atoms with Gasteiger partial charge < -0.3 is 10.6 Å². The molecular formula is C16H15F3N6. The molecule has 0 radical (unpaired) electrons. The predicted octanol–water partition coefficient (Wildman–Crippen LogP) is 3.77. The third-order valence-corrected chi connectivity index (χ3v) is 3.59. The number of hydrogen-bond acceptors (Lipinski definition) is 5. The molecule has 0 amide bonds. The van der Waals surface area contributed by atoms with E-state index in [4.69, 9.17) is 0 Å². The van der Waals surface area contributed by atoms with Crippen LogP contribution in [0.5, 0.6) is 0 Å². The largest absolute Gasteiger partial charge is 0.421 e. The predicted molar refractivity (Wildman–Crippen MR) is 88.2 cm³/mol. The Hall–Kier alpha value is -3.10. The Balaban J connectivity index is 1.90. The van der Waals surface area contributed by atoms with Crippen molar-refractivity contribution in [1.82, 2.24) is 19.7 Å². The van der Waals surface area contributed by atoms with E-state index in [2.05, 4.69) is 25.7 Å². The minimum absolute atomic E-state index is 0.0491. The number of hydrogen-bond donors (Lipinski definition) is 2. The summed E-state index contributed by atoms with van der Waals surface area (Å²) >= 11 is 0. The molecule has 6 nitrogen and oxygen atoms in total. The molecule has 0 spiro atoms. The van der Waals surface area contributed by atoms with Crippen LogP contribution in [0.3, 0.4) is 0 Å². The van der Waals surface area contributed by atoms with Crippen LogP contribution in [0.1, 0.15) is 11.3 Å². The third kappa shape index (κ3) is 3.39. The molecule has 25 heavy (non-hydrogen) atoms. The average molecular weight is 348 g/mol. The summed E-state index contributed by atoms with van der Waals surface area (Å²) in [4.78, 5) is 7.64. The van der Waals surface area contributed by atoms with Crippen molar-refractivity contribution in [3.63, 3.8) is 0 Å². The molecule has 0 fully saturated rings. The van der Waals surface area contributed by atoms with Crippen molar-refractivity contribution in [1.29, 1.82) is 0 Å². The van der Waals surface area contributed by atoms with Gasteiger partial charge in [0, 0.05) is 13.2 Å². The molecule has 0 unspecified atom stereocenters. The molecule has 2 aromatic heterocycles. The molecule has 0 atom stereocenters. The van der Waals surface area contributed by atoms with Gasteiger partial charge in [0.2, 0.25) is 5.95 Å². The van der Waals surface area contributed by atoms with E-state index in [1.54, 1.807) is 10.9 Å². The molecule has 0 aliphatic rings. The van der Waals surface area contributed by atoms with Gasteiger partial charge in [-0.3, -0.25) is 0 Å². The molecule has 2 N–H and O–H groups in total. The maximum Gasteiger partial charge on any atom is 0.421 e. The molecule has 130 valence electrons. The van der Waals surface area contributed by atoms with Gasteiger partial charge in [0.1, 0.15) is 11.4 Å². The molecular weight excluding hydrogens is 333 g/mol. The number of rotatable bonds is 4. The fourth-order valence-electron chi connectivity index (χ4n) is 2.32. The number of nitrogens with zero attached hydrogens (tertiary/aromatic N) is 4. The number of para-hydroxylation sites is 1. The van der Waals surface area contributed by atoms with Crippen LogP contribution in [0.25, 0.3) is 5.69 Å². The van der Waals surface area contributed by atoms with Gasteiger partial charge in [-0.25, -0.2) is 9.67 Å². The van der Waals surface area contributed by atoms with Crippen molar-refractivity contribution in [3.8, 4) is 5.69 Å². The second-order valence-corrected chi connectivity index (χ2v) is 5.22. The van der Waals surface area contributed by atoms with E-state index in [1.165, 1.54) is 7.05 Å². The summed E-state index contributed by atoms with van der Waals surface area (Å²) in [6.45, 7) is 1.84. The minimum atomic E-state index is -4.52. The minimum Gasteiger partial charge on any atom is -0.372 e. The van der Waals surface area contributed by atoms with Crippen molar-refractivity contribution < 1.29 is 13.2 Å². The molecule has 9 heteroatoms. The third-order valence-electron chi connectivity index (χ3n) is 3.59. The van der Waals surface area contributed by atoms with Gasteiger partial charge in [0.05, 0.1) is 23.3 Å². The molecule has 0 bridgehead atoms. The first-order chi connectivity index (χ1) is 11.9. The highest BCUT2D eigenvalue weighted by Gasteiger charge is 2.35. The molecule has 1 aromatic carbocycles. The van der Waals surface area contributed by atoms with Gasteiger partial charge in [-0.15, -0.1) is 0 Å². The first kappa shape index (κ1) is 16.7. The van der Waals surface area contributed by atoms with Crippen LogP contribution >= 0.6 is 0 Å². The SMILES string of the molecule is CNc1nc(Nc2cnn(-c3ccccc3)c2C)ncc1C(F)(F)F. The van der Waals surface area contributed by atoms with Gasteiger partial charge >= 0.3 is 6.18 Å². The molecule has 2 heterocycles. The van der Waals surface area contributed by atoms with Crippen LogP contribution in [-0.2, 0) is 6.18 Å². The second kappa shape index (κ2) is 6.42. The molecule has 3 aromatic rings. The summed E-state index contributed by atoms with van der Waals surface area (Å²) in [6.07, 6.45) is -2.20. The number of halogens is 3. The van der Waals surface area contributed by atoms with Crippen molar-refractivity contribution >= 4 is 17.5 Å². The first-order valence-corrected chi connectivity index (χ1v) is 7.39. The summed E-state index contributed by atoms with van der Waals surface area (Å²) in [6, 6.07) is 9.48. The van der Waals surface area contributed by atoms with Gasteiger partial charge in [0.25, 0.3) is 0 Å². The highest BCUT2D eigenvalue weighted by Crippen LogP contribution is 2.34. The zero-order chi connectivity index (χ0) is 18.0. The second-order valence-electron chi connectivity index (χ2n) is 5.22. The van der Waals surface area contributed by atoms with Crippen LogP contribution in [-0.4, -0.2) is 26.8 Å². The Morgan fingerprint density at radius 2 is 1.80 bits per heavy atom. The lowest BCUT2D eigenvalue weighted by Gasteiger charge is -2.12. The summed E-state index contributed by atoms with van der Waals surface area (Å²) < 4.78 is 40.4. The number of nitrogens with one attached hydrogen (secondary N) is 2. The first-order valence-electron chi connectivity index (χ1n) is 7.39. The maximum absolute atomic E-state index is 12.9. The number of alkyl halides is 3.